The number of fused-ring (bicyclic) bond motifs is 1. The van der Waals surface area contributed by atoms with Crippen LogP contribution >= 0.6 is 0 Å². The number of anilines is 2. The number of urea groups is 1. The van der Waals surface area contributed by atoms with E-state index in [1.165, 1.54) is 27.8 Å². The number of benzene rings is 1. The minimum Gasteiger partial charge on any atom is -0.376 e. The summed E-state index contributed by atoms with van der Waals surface area (Å²) in [6.45, 7) is 0. The molecular formula is C17H19FN6O. The molecule has 2 heterocycles. The number of nitrogens with zero attached hydrogens (tertiary/aromatic N) is 5. The van der Waals surface area contributed by atoms with Crippen LogP contribution in [0.4, 0.5) is 20.6 Å². The molecule has 25 heavy (non-hydrogen) atoms. The molecule has 0 spiro atoms. The van der Waals surface area contributed by atoms with Gasteiger partial charge in [-0.05, 0) is 24.3 Å². The zero-order chi connectivity index (χ0) is 18.1. The number of aromatic nitrogens is 3. The molecule has 2 aromatic heterocycles. The number of nitrogens with one attached hydrogen (secondary N) is 1. The summed E-state index contributed by atoms with van der Waals surface area (Å²) < 4.78 is 15.7. The molecule has 3 aromatic rings. The Morgan fingerprint density at radius 2 is 1.96 bits per heavy atom. The molecule has 0 aliphatic rings. The number of carbonyl (C=O) groups is 1. The molecule has 0 saturated carbocycles. The second kappa shape index (κ2) is 6.39. The van der Waals surface area contributed by atoms with Crippen LogP contribution in [0.15, 0.2) is 36.7 Å². The van der Waals surface area contributed by atoms with Gasteiger partial charge in [0.2, 0.25) is 0 Å². The summed E-state index contributed by atoms with van der Waals surface area (Å²) in [5.74, 6) is -0.441. The van der Waals surface area contributed by atoms with Crippen molar-refractivity contribution in [1.29, 1.82) is 0 Å². The SMILES string of the molecule is CN(C)C(=O)Nc1ccc(F)c(-n2cc3cc(N(C)C)cnc3n2)c1. The zero-order valence-electron chi connectivity index (χ0n) is 14.5. The largest absolute Gasteiger partial charge is 0.376 e. The number of amides is 2. The van der Waals surface area contributed by atoms with E-state index in [4.69, 9.17) is 0 Å². The highest BCUT2D eigenvalue weighted by Gasteiger charge is 2.12. The fraction of sp³-hybridized carbons (Fsp3) is 0.235. The molecule has 130 valence electrons. The Balaban J connectivity index is 2.00. The molecule has 7 nitrogen and oxygen atoms in total. The minimum atomic E-state index is -0.441. The maximum absolute atomic E-state index is 14.3. The Kier molecular flexibility index (Phi) is 4.26. The third-order valence-corrected chi connectivity index (χ3v) is 3.71. The van der Waals surface area contributed by atoms with Gasteiger partial charge in [0, 0.05) is 45.5 Å². The monoisotopic (exact) mass is 342 g/mol. The van der Waals surface area contributed by atoms with Crippen molar-refractivity contribution >= 4 is 28.4 Å². The smallest absolute Gasteiger partial charge is 0.321 e. The number of carbonyl (C=O) groups excluding carboxylic acids is 1. The predicted molar refractivity (Wildman–Crippen MR) is 95.9 cm³/mol. The molecule has 1 N–H and O–H groups in total. The first-order chi connectivity index (χ1) is 11.8. The Bertz CT molecular complexity index is 934. The molecule has 0 radical (unpaired) electrons. The summed E-state index contributed by atoms with van der Waals surface area (Å²) in [5.41, 5.74) is 2.17. The van der Waals surface area contributed by atoms with Crippen LogP contribution in [-0.4, -0.2) is 53.9 Å². The second-order valence-corrected chi connectivity index (χ2v) is 6.07. The summed E-state index contributed by atoms with van der Waals surface area (Å²) in [7, 11) is 7.11. The van der Waals surface area contributed by atoms with Gasteiger partial charge in [0.15, 0.2) is 5.65 Å². The van der Waals surface area contributed by atoms with E-state index in [1.807, 2.05) is 25.1 Å². The molecule has 0 unspecified atom stereocenters. The van der Waals surface area contributed by atoms with E-state index in [1.54, 1.807) is 26.5 Å². The van der Waals surface area contributed by atoms with Crippen molar-refractivity contribution in [2.75, 3.05) is 38.4 Å². The summed E-state index contributed by atoms with van der Waals surface area (Å²) >= 11 is 0. The van der Waals surface area contributed by atoms with Crippen molar-refractivity contribution in [3.05, 3.63) is 42.5 Å². The van der Waals surface area contributed by atoms with Gasteiger partial charge in [-0.1, -0.05) is 0 Å². The fourth-order valence-corrected chi connectivity index (χ4v) is 2.27. The van der Waals surface area contributed by atoms with Crippen molar-refractivity contribution in [2.24, 2.45) is 0 Å². The predicted octanol–water partition coefficient (Wildman–Crippen LogP) is 2.72. The lowest BCUT2D eigenvalue weighted by atomic mass is 10.2. The fourth-order valence-electron chi connectivity index (χ4n) is 2.27. The maximum atomic E-state index is 14.3. The molecule has 0 atom stereocenters. The van der Waals surface area contributed by atoms with E-state index in [2.05, 4.69) is 15.4 Å². The van der Waals surface area contributed by atoms with E-state index < -0.39 is 5.82 Å². The van der Waals surface area contributed by atoms with Crippen molar-refractivity contribution in [3.63, 3.8) is 0 Å². The van der Waals surface area contributed by atoms with Crippen molar-refractivity contribution < 1.29 is 9.18 Å². The lowest BCUT2D eigenvalue weighted by molar-refractivity contribution is 0.230. The van der Waals surface area contributed by atoms with Gasteiger partial charge in [-0.15, -0.1) is 5.10 Å². The van der Waals surface area contributed by atoms with Gasteiger partial charge in [0.1, 0.15) is 11.5 Å². The lowest BCUT2D eigenvalue weighted by Crippen LogP contribution is -2.27. The molecule has 2 amide bonds. The Morgan fingerprint density at radius 3 is 2.64 bits per heavy atom. The highest BCUT2D eigenvalue weighted by Crippen LogP contribution is 2.23. The van der Waals surface area contributed by atoms with Crippen LogP contribution in [-0.2, 0) is 0 Å². The Labute approximate surface area is 144 Å². The zero-order valence-corrected chi connectivity index (χ0v) is 14.5. The highest BCUT2D eigenvalue weighted by molar-refractivity contribution is 5.89. The van der Waals surface area contributed by atoms with Crippen molar-refractivity contribution in [3.8, 4) is 5.69 Å². The lowest BCUT2D eigenvalue weighted by Gasteiger charge is -2.13. The third kappa shape index (κ3) is 3.37. The van der Waals surface area contributed by atoms with Crippen molar-refractivity contribution in [1.82, 2.24) is 19.7 Å². The van der Waals surface area contributed by atoms with Gasteiger partial charge in [0.05, 0.1) is 11.9 Å². The van der Waals surface area contributed by atoms with Crippen LogP contribution in [0.2, 0.25) is 0 Å². The van der Waals surface area contributed by atoms with Gasteiger partial charge in [-0.2, -0.15) is 0 Å². The van der Waals surface area contributed by atoms with E-state index in [-0.39, 0.29) is 11.7 Å². The summed E-state index contributed by atoms with van der Waals surface area (Å²) in [6, 6.07) is 5.98. The molecule has 1 aromatic carbocycles. The average Bonchev–Trinajstić information content (AvgIpc) is 2.99. The summed E-state index contributed by atoms with van der Waals surface area (Å²) in [5, 5.41) is 7.82. The van der Waals surface area contributed by atoms with Crippen LogP contribution in [0.25, 0.3) is 16.7 Å². The topological polar surface area (TPSA) is 66.3 Å². The first-order valence-electron chi connectivity index (χ1n) is 7.66. The summed E-state index contributed by atoms with van der Waals surface area (Å²) in [4.78, 5) is 19.4. The van der Waals surface area contributed by atoms with E-state index in [0.717, 1.165) is 11.1 Å². The number of hydrogen-bond donors (Lipinski definition) is 1. The van der Waals surface area contributed by atoms with Gasteiger partial charge >= 0.3 is 6.03 Å². The Morgan fingerprint density at radius 1 is 1.20 bits per heavy atom. The van der Waals surface area contributed by atoms with Gasteiger partial charge in [0.25, 0.3) is 0 Å². The van der Waals surface area contributed by atoms with E-state index >= 15 is 0 Å². The van der Waals surface area contributed by atoms with Crippen LogP contribution < -0.4 is 10.2 Å². The number of pyridine rings is 1. The van der Waals surface area contributed by atoms with Gasteiger partial charge in [-0.3, -0.25) is 0 Å². The highest BCUT2D eigenvalue weighted by atomic mass is 19.1. The average molecular weight is 342 g/mol. The van der Waals surface area contributed by atoms with Gasteiger partial charge < -0.3 is 15.1 Å². The molecular weight excluding hydrogens is 323 g/mol. The van der Waals surface area contributed by atoms with Gasteiger partial charge in [-0.25, -0.2) is 18.9 Å². The van der Waals surface area contributed by atoms with E-state index in [9.17, 15) is 9.18 Å². The standard InChI is InChI=1S/C17H19FN6O/c1-22(2)13-7-11-10-24(21-16(11)19-9-13)15-8-12(5-6-14(15)18)20-17(25)23(3)4/h5-10H,1-4H3,(H,20,25). The molecule has 0 aliphatic carbocycles. The summed E-state index contributed by atoms with van der Waals surface area (Å²) in [6.07, 6.45) is 3.43. The third-order valence-electron chi connectivity index (χ3n) is 3.71. The molecule has 3 rings (SSSR count). The number of rotatable bonds is 3. The first-order valence-corrected chi connectivity index (χ1v) is 7.66. The van der Waals surface area contributed by atoms with Crippen LogP contribution in [0.3, 0.4) is 0 Å². The quantitative estimate of drug-likeness (QED) is 0.795. The maximum Gasteiger partial charge on any atom is 0.321 e. The molecule has 0 bridgehead atoms. The molecule has 0 saturated heterocycles. The minimum absolute atomic E-state index is 0.237. The van der Waals surface area contributed by atoms with Crippen LogP contribution in [0.1, 0.15) is 0 Å². The molecule has 0 aliphatic heterocycles. The van der Waals surface area contributed by atoms with Crippen LogP contribution in [0, 0.1) is 5.82 Å². The number of halogens is 1. The normalized spacial score (nSPS) is 10.8. The van der Waals surface area contributed by atoms with Crippen LogP contribution in [0.5, 0.6) is 0 Å². The second-order valence-electron chi connectivity index (χ2n) is 6.07. The number of hydrogen-bond acceptors (Lipinski definition) is 4. The Hall–Kier alpha value is -3.16. The first kappa shape index (κ1) is 16.7. The van der Waals surface area contributed by atoms with Crippen molar-refractivity contribution in [2.45, 2.75) is 0 Å². The molecule has 0 fully saturated rings. The van der Waals surface area contributed by atoms with E-state index in [0.29, 0.717) is 11.3 Å². The molecule has 8 heteroatoms.